The molecule has 92 valence electrons. The second-order valence-corrected chi connectivity index (χ2v) is 4.49. The summed E-state index contributed by atoms with van der Waals surface area (Å²) in [5.41, 5.74) is 2.22. The van der Waals surface area contributed by atoms with E-state index in [0.717, 1.165) is 25.3 Å². The third kappa shape index (κ3) is 3.92. The Kier molecular flexibility index (Phi) is 4.66. The Labute approximate surface area is 104 Å². The lowest BCUT2D eigenvalue weighted by Crippen LogP contribution is -2.18. The van der Waals surface area contributed by atoms with Gasteiger partial charge >= 0.3 is 0 Å². The Morgan fingerprint density at radius 1 is 1.53 bits per heavy atom. The van der Waals surface area contributed by atoms with Gasteiger partial charge in [0.15, 0.2) is 0 Å². The van der Waals surface area contributed by atoms with Crippen LogP contribution in [0.4, 0.5) is 0 Å². The molecule has 0 atom stereocenters. The van der Waals surface area contributed by atoms with Crippen molar-refractivity contribution in [2.24, 2.45) is 0 Å². The molecule has 0 aromatic carbocycles. The summed E-state index contributed by atoms with van der Waals surface area (Å²) < 4.78 is 6.81. The molecule has 2 aromatic heterocycles. The van der Waals surface area contributed by atoms with Gasteiger partial charge < -0.3 is 10.1 Å². The molecule has 2 rings (SSSR count). The molecule has 0 saturated heterocycles. The molecule has 2 heterocycles. The lowest BCUT2D eigenvalue weighted by Gasteiger charge is -1.99. The third-order valence-electron chi connectivity index (χ3n) is 2.30. The van der Waals surface area contributed by atoms with Crippen LogP contribution in [0.25, 0.3) is 0 Å². The van der Waals surface area contributed by atoms with Crippen molar-refractivity contribution >= 4 is 11.3 Å². The molecule has 0 saturated carbocycles. The number of nitrogens with zero attached hydrogens (tertiary/aromatic N) is 3. The molecule has 0 amide bonds. The van der Waals surface area contributed by atoms with E-state index in [1.54, 1.807) is 18.4 Å². The van der Waals surface area contributed by atoms with E-state index in [2.05, 4.69) is 32.5 Å². The van der Waals surface area contributed by atoms with E-state index in [0.29, 0.717) is 6.61 Å². The van der Waals surface area contributed by atoms with Crippen molar-refractivity contribution in [2.75, 3.05) is 20.3 Å². The van der Waals surface area contributed by atoms with Crippen molar-refractivity contribution in [3.63, 3.8) is 0 Å². The van der Waals surface area contributed by atoms with Crippen molar-refractivity contribution in [3.05, 3.63) is 34.3 Å². The summed E-state index contributed by atoms with van der Waals surface area (Å²) >= 11 is 1.70. The van der Waals surface area contributed by atoms with Crippen LogP contribution in [0.5, 0.6) is 0 Å². The van der Waals surface area contributed by atoms with Crippen LogP contribution in [0.1, 0.15) is 11.3 Å². The molecule has 0 fully saturated rings. The Morgan fingerprint density at radius 2 is 2.47 bits per heavy atom. The minimum Gasteiger partial charge on any atom is -0.383 e. The molecular formula is C11H16N4OS. The molecule has 17 heavy (non-hydrogen) atoms. The fourth-order valence-electron chi connectivity index (χ4n) is 1.46. The molecule has 6 heteroatoms. The highest BCUT2D eigenvalue weighted by Gasteiger charge is 2.01. The van der Waals surface area contributed by atoms with Crippen LogP contribution >= 0.6 is 11.3 Å². The Balaban J connectivity index is 1.79. The minimum atomic E-state index is 0.711. The molecule has 0 spiro atoms. The van der Waals surface area contributed by atoms with Crippen molar-refractivity contribution in [3.8, 4) is 0 Å². The largest absolute Gasteiger partial charge is 0.383 e. The number of hydrogen-bond donors (Lipinski definition) is 1. The summed E-state index contributed by atoms with van der Waals surface area (Å²) in [5, 5.41) is 15.6. The highest BCUT2D eigenvalue weighted by molar-refractivity contribution is 7.07. The fourth-order valence-corrected chi connectivity index (χ4v) is 2.12. The van der Waals surface area contributed by atoms with Crippen LogP contribution in [0, 0.1) is 0 Å². The zero-order valence-electron chi connectivity index (χ0n) is 9.80. The van der Waals surface area contributed by atoms with Gasteiger partial charge in [0.05, 0.1) is 25.0 Å². The molecule has 0 aliphatic heterocycles. The van der Waals surface area contributed by atoms with Crippen LogP contribution in [-0.2, 0) is 17.8 Å². The van der Waals surface area contributed by atoms with E-state index in [-0.39, 0.29) is 0 Å². The predicted octanol–water partition coefficient (Wildman–Crippen LogP) is 1.12. The molecular weight excluding hydrogens is 236 g/mol. The molecule has 0 radical (unpaired) electrons. The lowest BCUT2D eigenvalue weighted by molar-refractivity contribution is 0.199. The maximum atomic E-state index is 4.95. The maximum absolute atomic E-state index is 4.95. The third-order valence-corrected chi connectivity index (χ3v) is 3.03. The zero-order valence-corrected chi connectivity index (χ0v) is 10.6. The summed E-state index contributed by atoms with van der Waals surface area (Å²) in [6.07, 6.45) is 1.97. The van der Waals surface area contributed by atoms with E-state index >= 15 is 0 Å². The van der Waals surface area contributed by atoms with E-state index < -0.39 is 0 Å². The highest BCUT2D eigenvalue weighted by atomic mass is 32.1. The van der Waals surface area contributed by atoms with Crippen LogP contribution in [0.2, 0.25) is 0 Å². The molecule has 2 aromatic rings. The Hall–Kier alpha value is -1.24. The molecule has 0 aliphatic carbocycles. The first-order chi connectivity index (χ1) is 8.38. The van der Waals surface area contributed by atoms with Gasteiger partial charge in [0.2, 0.25) is 0 Å². The average molecular weight is 252 g/mol. The fraction of sp³-hybridized carbons (Fsp3) is 0.455. The monoisotopic (exact) mass is 252 g/mol. The summed E-state index contributed by atoms with van der Waals surface area (Å²) in [5.74, 6) is 0. The van der Waals surface area contributed by atoms with E-state index in [4.69, 9.17) is 4.74 Å². The second-order valence-electron chi connectivity index (χ2n) is 3.71. The van der Waals surface area contributed by atoms with Gasteiger partial charge in [-0.1, -0.05) is 5.21 Å². The van der Waals surface area contributed by atoms with Gasteiger partial charge in [0.1, 0.15) is 0 Å². The quantitative estimate of drug-likeness (QED) is 0.750. The van der Waals surface area contributed by atoms with Gasteiger partial charge in [-0.25, -0.2) is 4.68 Å². The first kappa shape index (κ1) is 12.2. The van der Waals surface area contributed by atoms with Crippen molar-refractivity contribution in [2.45, 2.75) is 13.1 Å². The normalized spacial score (nSPS) is 10.9. The second kappa shape index (κ2) is 6.48. The molecule has 1 N–H and O–H groups in total. The van der Waals surface area contributed by atoms with Crippen molar-refractivity contribution < 1.29 is 4.74 Å². The summed E-state index contributed by atoms with van der Waals surface area (Å²) in [6.45, 7) is 3.05. The first-order valence-corrected chi connectivity index (χ1v) is 6.42. The van der Waals surface area contributed by atoms with Gasteiger partial charge in [0, 0.05) is 20.2 Å². The van der Waals surface area contributed by atoms with E-state index in [1.165, 1.54) is 5.56 Å². The number of hydrogen-bond acceptors (Lipinski definition) is 5. The number of aromatic nitrogens is 3. The van der Waals surface area contributed by atoms with E-state index in [9.17, 15) is 0 Å². The Bertz CT molecular complexity index is 426. The standard InChI is InChI=1S/C11H16N4OS/c1-16-4-3-12-6-11-8-15(14-13-11)7-10-2-5-17-9-10/h2,5,8-9,12H,3-4,6-7H2,1H3. The molecule has 0 bridgehead atoms. The van der Waals surface area contributed by atoms with Gasteiger partial charge in [-0.05, 0) is 22.4 Å². The maximum Gasteiger partial charge on any atom is 0.0964 e. The lowest BCUT2D eigenvalue weighted by atomic mass is 10.3. The average Bonchev–Trinajstić information content (AvgIpc) is 2.97. The predicted molar refractivity (Wildman–Crippen MR) is 67.0 cm³/mol. The minimum absolute atomic E-state index is 0.711. The van der Waals surface area contributed by atoms with Gasteiger partial charge in [-0.2, -0.15) is 11.3 Å². The topological polar surface area (TPSA) is 52.0 Å². The first-order valence-electron chi connectivity index (χ1n) is 5.48. The zero-order chi connectivity index (χ0) is 11.9. The van der Waals surface area contributed by atoms with Crippen LogP contribution < -0.4 is 5.32 Å². The summed E-state index contributed by atoms with van der Waals surface area (Å²) in [4.78, 5) is 0. The van der Waals surface area contributed by atoms with Crippen molar-refractivity contribution in [1.29, 1.82) is 0 Å². The smallest absolute Gasteiger partial charge is 0.0964 e. The SMILES string of the molecule is COCCNCc1cn(Cc2ccsc2)nn1. The van der Waals surface area contributed by atoms with E-state index in [1.807, 2.05) is 10.9 Å². The van der Waals surface area contributed by atoms with Crippen LogP contribution in [0.3, 0.4) is 0 Å². The van der Waals surface area contributed by atoms with Gasteiger partial charge in [0.25, 0.3) is 0 Å². The number of ether oxygens (including phenoxy) is 1. The van der Waals surface area contributed by atoms with Crippen molar-refractivity contribution in [1.82, 2.24) is 20.3 Å². The summed E-state index contributed by atoms with van der Waals surface area (Å²) in [7, 11) is 1.69. The van der Waals surface area contributed by atoms with Gasteiger partial charge in [-0.15, -0.1) is 5.10 Å². The number of nitrogens with one attached hydrogen (secondary N) is 1. The number of methoxy groups -OCH3 is 1. The van der Waals surface area contributed by atoms with Gasteiger partial charge in [-0.3, -0.25) is 0 Å². The molecule has 0 unspecified atom stereocenters. The summed E-state index contributed by atoms with van der Waals surface area (Å²) in [6, 6.07) is 2.10. The van der Waals surface area contributed by atoms with Crippen LogP contribution in [0.15, 0.2) is 23.0 Å². The number of thiophene rings is 1. The Morgan fingerprint density at radius 3 is 3.24 bits per heavy atom. The molecule has 5 nitrogen and oxygen atoms in total. The van der Waals surface area contributed by atoms with Crippen LogP contribution in [-0.4, -0.2) is 35.3 Å². The number of rotatable bonds is 7. The highest BCUT2D eigenvalue weighted by Crippen LogP contribution is 2.07. The molecule has 0 aliphatic rings.